The standard InChI is InChI=1S/C30H49F6N5O3SSi/c1-18(44-19(2)29(31,32)33)25(40-45(42)28(3,4)5)27-39-22-15-21(26(20-9-10-20)38-16-24(37)30(34,35)36)11-12-23(22)41(27)17-43-13-14-46(6,7)8/h11-12,15,18-20,24-26,38,40H,9-10,13-14,16-17,37H2,1-8H3/t18-,19+,24?,25+,26-,45?/m1/s1/i16D2. The fourth-order valence-corrected chi connectivity index (χ4v) is 6.20. The minimum atomic E-state index is -4.98. The minimum Gasteiger partial charge on any atom is -0.598 e. The van der Waals surface area contributed by atoms with Crippen molar-refractivity contribution >= 4 is 30.5 Å². The van der Waals surface area contributed by atoms with Crippen molar-refractivity contribution in [1.82, 2.24) is 19.6 Å². The van der Waals surface area contributed by atoms with Crippen LogP contribution in [0.5, 0.6) is 0 Å². The van der Waals surface area contributed by atoms with E-state index in [0.29, 0.717) is 36.0 Å². The van der Waals surface area contributed by atoms with E-state index in [1.165, 1.54) is 6.92 Å². The first-order valence-corrected chi connectivity index (χ1v) is 20.2. The third kappa shape index (κ3) is 11.1. The van der Waals surface area contributed by atoms with Crippen molar-refractivity contribution < 1.29 is 43.1 Å². The Morgan fingerprint density at radius 2 is 1.76 bits per heavy atom. The van der Waals surface area contributed by atoms with Gasteiger partial charge in [-0.1, -0.05) is 25.7 Å². The number of nitrogens with zero attached hydrogens (tertiary/aromatic N) is 2. The zero-order chi connectivity index (χ0) is 36.6. The van der Waals surface area contributed by atoms with Gasteiger partial charge in [-0.2, -0.15) is 26.3 Å². The summed E-state index contributed by atoms with van der Waals surface area (Å²) in [7, 11) is -1.48. The molecule has 1 fully saturated rings. The molecule has 0 bridgehead atoms. The second-order valence-corrected chi connectivity index (χ2v) is 21.7. The molecule has 1 aliphatic rings. The number of halogens is 6. The maximum absolute atomic E-state index is 13.6. The Morgan fingerprint density at radius 3 is 2.28 bits per heavy atom. The van der Waals surface area contributed by atoms with E-state index in [1.807, 2.05) is 0 Å². The number of imidazole rings is 1. The number of hydrogen-bond acceptors (Lipinski definition) is 7. The van der Waals surface area contributed by atoms with Gasteiger partial charge in [0.2, 0.25) is 0 Å². The monoisotopic (exact) mass is 703 g/mol. The summed E-state index contributed by atoms with van der Waals surface area (Å²) in [5, 5.41) is 2.49. The molecule has 1 saturated carbocycles. The van der Waals surface area contributed by atoms with Crippen LogP contribution in [0, 0.1) is 5.92 Å². The molecule has 3 rings (SSSR count). The van der Waals surface area contributed by atoms with Crippen molar-refractivity contribution in [3.63, 3.8) is 0 Å². The number of alkyl halides is 6. The van der Waals surface area contributed by atoms with E-state index in [0.717, 1.165) is 13.0 Å². The van der Waals surface area contributed by atoms with Gasteiger partial charge in [-0.05, 0) is 77.1 Å². The highest BCUT2D eigenvalue weighted by atomic mass is 32.2. The van der Waals surface area contributed by atoms with Gasteiger partial charge < -0.3 is 29.6 Å². The molecule has 0 radical (unpaired) electrons. The lowest BCUT2D eigenvalue weighted by Crippen LogP contribution is -2.47. The third-order valence-corrected chi connectivity index (χ3v) is 10.9. The predicted octanol–water partition coefficient (Wildman–Crippen LogP) is 6.73. The zero-order valence-electron chi connectivity index (χ0n) is 29.6. The van der Waals surface area contributed by atoms with Crippen LogP contribution in [0.2, 0.25) is 25.7 Å². The van der Waals surface area contributed by atoms with E-state index in [9.17, 15) is 30.9 Å². The summed E-state index contributed by atoms with van der Waals surface area (Å²) in [6, 6.07) is 1.07. The van der Waals surface area contributed by atoms with Crippen LogP contribution in [0.3, 0.4) is 0 Å². The van der Waals surface area contributed by atoms with Crippen LogP contribution in [0.4, 0.5) is 26.3 Å². The van der Waals surface area contributed by atoms with Crippen LogP contribution in [0.1, 0.15) is 73.7 Å². The Balaban J connectivity index is 2.12. The van der Waals surface area contributed by atoms with Crippen LogP contribution >= 0.6 is 0 Å². The average molecular weight is 704 g/mol. The van der Waals surface area contributed by atoms with Gasteiger partial charge in [0, 0.05) is 41.3 Å². The Labute approximate surface area is 274 Å². The zero-order valence-corrected chi connectivity index (χ0v) is 29.4. The van der Waals surface area contributed by atoms with Crippen LogP contribution in [-0.4, -0.2) is 70.6 Å². The highest BCUT2D eigenvalue weighted by Gasteiger charge is 2.42. The molecule has 0 saturated heterocycles. The topological polar surface area (TPSA) is 109 Å². The van der Waals surface area contributed by atoms with E-state index in [4.69, 9.17) is 22.9 Å². The van der Waals surface area contributed by atoms with Gasteiger partial charge in [0.25, 0.3) is 0 Å². The SMILES string of the molecule is [2H]C([2H])(N[C@@H](c1ccc2c(c1)nc([C@@H](N[S+]([O-])C(C)(C)C)[C@@H](C)O[C@@H](C)C(F)(F)F)n2COCC[Si](C)(C)C)C1CC1)C(N)C(F)(F)F. The van der Waals surface area contributed by atoms with Gasteiger partial charge in [0.15, 0.2) is 6.10 Å². The van der Waals surface area contributed by atoms with Crippen molar-refractivity contribution in [2.24, 2.45) is 11.7 Å². The lowest BCUT2D eigenvalue weighted by atomic mass is 10.0. The molecule has 2 aromatic rings. The summed E-state index contributed by atoms with van der Waals surface area (Å²) < 4.78 is 126. The number of aromatic nitrogens is 2. The molecule has 0 spiro atoms. The molecule has 1 heterocycles. The van der Waals surface area contributed by atoms with Crippen molar-refractivity contribution in [3.8, 4) is 0 Å². The summed E-state index contributed by atoms with van der Waals surface area (Å²) in [5.74, 6) is 0.0466. The fraction of sp³-hybridized carbons (Fsp3) is 0.767. The Kier molecular flexibility index (Phi) is 11.7. The number of nitrogens with one attached hydrogen (secondary N) is 2. The number of hydrogen-bond donors (Lipinski definition) is 3. The molecule has 1 aliphatic carbocycles. The average Bonchev–Trinajstić information content (AvgIpc) is 3.71. The first-order valence-electron chi connectivity index (χ1n) is 16.3. The molecular weight excluding hydrogens is 653 g/mol. The Hall–Kier alpha value is -1.40. The second kappa shape index (κ2) is 15.0. The molecular formula is C30H49F6N5O3SSi. The summed E-state index contributed by atoms with van der Waals surface area (Å²) in [5.41, 5.74) is 6.58. The summed E-state index contributed by atoms with van der Waals surface area (Å²) in [4.78, 5) is 4.77. The third-order valence-electron chi connectivity index (χ3n) is 7.64. The quantitative estimate of drug-likeness (QED) is 0.0771. The number of fused-ring (bicyclic) bond motifs is 1. The summed E-state index contributed by atoms with van der Waals surface area (Å²) >= 11 is -1.76. The molecule has 0 aliphatic heterocycles. The number of nitrogens with two attached hydrogens (primary N) is 1. The van der Waals surface area contributed by atoms with E-state index in [2.05, 4.69) is 29.7 Å². The van der Waals surface area contributed by atoms with Gasteiger partial charge in [0.05, 0.1) is 17.1 Å². The second-order valence-electron chi connectivity index (χ2n) is 14.1. The molecule has 1 aromatic heterocycles. The first kappa shape index (κ1) is 35.9. The minimum absolute atomic E-state index is 0.0369. The molecule has 46 heavy (non-hydrogen) atoms. The molecule has 264 valence electrons. The van der Waals surface area contributed by atoms with Crippen molar-refractivity contribution in [2.45, 2.75) is 127 Å². The molecule has 2 unspecified atom stereocenters. The lowest BCUT2D eigenvalue weighted by molar-refractivity contribution is -0.227. The lowest BCUT2D eigenvalue weighted by Gasteiger charge is -2.32. The molecule has 16 heteroatoms. The van der Waals surface area contributed by atoms with Gasteiger partial charge in [-0.15, -0.1) is 4.72 Å². The number of rotatable bonds is 16. The maximum atomic E-state index is 13.6. The van der Waals surface area contributed by atoms with E-state index in [1.54, 1.807) is 43.5 Å². The molecule has 6 atom stereocenters. The van der Waals surface area contributed by atoms with E-state index >= 15 is 0 Å². The van der Waals surface area contributed by atoms with Crippen molar-refractivity contribution in [2.75, 3.05) is 13.1 Å². The van der Waals surface area contributed by atoms with Crippen molar-refractivity contribution in [3.05, 3.63) is 29.6 Å². The first-order chi connectivity index (χ1) is 21.7. The Morgan fingerprint density at radius 1 is 1.13 bits per heavy atom. The van der Waals surface area contributed by atoms with Crippen LogP contribution in [0.25, 0.3) is 11.0 Å². The maximum Gasteiger partial charge on any atom is 0.414 e. The van der Waals surface area contributed by atoms with Crippen LogP contribution < -0.4 is 15.8 Å². The van der Waals surface area contributed by atoms with Gasteiger partial charge >= 0.3 is 12.4 Å². The molecule has 1 aromatic carbocycles. The fourth-order valence-electron chi connectivity index (χ4n) is 4.56. The normalized spacial score (nSPS) is 20.2. The van der Waals surface area contributed by atoms with E-state index < -0.39 is 73.4 Å². The predicted molar refractivity (Wildman–Crippen MR) is 171 cm³/mol. The summed E-state index contributed by atoms with van der Waals surface area (Å²) in [6.45, 7) is 11.4. The van der Waals surface area contributed by atoms with Crippen molar-refractivity contribution in [1.29, 1.82) is 0 Å². The van der Waals surface area contributed by atoms with Gasteiger partial charge in [-0.3, -0.25) is 0 Å². The number of benzene rings is 1. The highest BCUT2D eigenvalue weighted by Crippen LogP contribution is 2.42. The molecule has 8 nitrogen and oxygen atoms in total. The van der Waals surface area contributed by atoms with Gasteiger partial charge in [0.1, 0.15) is 29.4 Å². The highest BCUT2D eigenvalue weighted by molar-refractivity contribution is 7.90. The van der Waals surface area contributed by atoms with Crippen LogP contribution in [-0.2, 0) is 27.6 Å². The molecule has 4 N–H and O–H groups in total. The Bertz CT molecular complexity index is 1370. The largest absolute Gasteiger partial charge is 0.598 e. The smallest absolute Gasteiger partial charge is 0.414 e. The van der Waals surface area contributed by atoms with E-state index in [-0.39, 0.29) is 18.5 Å². The van der Waals surface area contributed by atoms with Gasteiger partial charge in [-0.25, -0.2) is 4.98 Å². The van der Waals surface area contributed by atoms with Crippen LogP contribution in [0.15, 0.2) is 18.2 Å². The summed E-state index contributed by atoms with van der Waals surface area (Å²) in [6.07, 6.45) is -11.6. The molecule has 0 amide bonds. The number of ether oxygens (including phenoxy) is 2.